The first-order valence-electron chi connectivity index (χ1n) is 2.83. The minimum atomic E-state index is -1.30. The van der Waals surface area contributed by atoms with Gasteiger partial charge in [0.1, 0.15) is 17.9 Å². The van der Waals surface area contributed by atoms with Crippen molar-refractivity contribution >= 4 is 0 Å². The first-order valence-corrected chi connectivity index (χ1v) is 2.83. The predicted octanol–water partition coefficient (Wildman–Crippen LogP) is -1.59. The number of epoxide rings is 1. The summed E-state index contributed by atoms with van der Waals surface area (Å²) in [5, 5.41) is 17.4. The van der Waals surface area contributed by atoms with Gasteiger partial charge in [0.15, 0.2) is 0 Å². The first-order chi connectivity index (χ1) is 4.05. The summed E-state index contributed by atoms with van der Waals surface area (Å²) >= 11 is 0. The zero-order valence-electron chi connectivity index (χ0n) is 5.24. The molecule has 1 heterocycles. The van der Waals surface area contributed by atoms with Gasteiger partial charge in [0.2, 0.25) is 0 Å². The van der Waals surface area contributed by atoms with Gasteiger partial charge in [-0.15, -0.1) is 0 Å². The second kappa shape index (κ2) is 1.91. The smallest absolute Gasteiger partial charge is 0.139 e. The van der Waals surface area contributed by atoms with Crippen molar-refractivity contribution in [2.45, 2.75) is 24.9 Å². The van der Waals surface area contributed by atoms with Crippen LogP contribution in [0.5, 0.6) is 0 Å². The van der Waals surface area contributed by atoms with Gasteiger partial charge in [-0.05, 0) is 6.92 Å². The lowest BCUT2D eigenvalue weighted by molar-refractivity contribution is 0.0360. The molecule has 3 atom stereocenters. The van der Waals surface area contributed by atoms with Crippen LogP contribution in [0.3, 0.4) is 0 Å². The third-order valence-corrected chi connectivity index (χ3v) is 1.34. The van der Waals surface area contributed by atoms with E-state index in [1.807, 2.05) is 0 Å². The maximum Gasteiger partial charge on any atom is 0.139 e. The maximum atomic E-state index is 9.00. The molecule has 0 saturated carbocycles. The molecule has 0 spiro atoms. The van der Waals surface area contributed by atoms with Crippen LogP contribution in [-0.4, -0.2) is 34.8 Å². The van der Waals surface area contributed by atoms with Crippen LogP contribution in [0.25, 0.3) is 0 Å². The second-order valence-electron chi connectivity index (χ2n) is 2.50. The van der Waals surface area contributed by atoms with Crippen LogP contribution in [0.15, 0.2) is 0 Å². The molecule has 0 aromatic rings. The summed E-state index contributed by atoms with van der Waals surface area (Å²) in [5.74, 6) is 0. The Bertz CT molecular complexity index is 109. The molecule has 1 aliphatic rings. The van der Waals surface area contributed by atoms with Gasteiger partial charge in [-0.25, -0.2) is 0 Å². The normalized spacial score (nSPS) is 40.0. The van der Waals surface area contributed by atoms with Crippen molar-refractivity contribution in [3.8, 4) is 0 Å². The molecule has 4 nitrogen and oxygen atoms in total. The standard InChI is InChI=1S/C5H11NO3/c1-5(6,8)4-3(2-7)9-4/h3-4,7-8H,2,6H2,1H3. The van der Waals surface area contributed by atoms with Crippen molar-refractivity contribution in [2.24, 2.45) is 5.73 Å². The van der Waals surface area contributed by atoms with Gasteiger partial charge in [-0.2, -0.15) is 0 Å². The Hall–Kier alpha value is -0.160. The van der Waals surface area contributed by atoms with Crippen LogP contribution >= 0.6 is 0 Å². The minimum Gasteiger partial charge on any atom is -0.394 e. The highest BCUT2D eigenvalue weighted by atomic mass is 16.6. The largest absolute Gasteiger partial charge is 0.394 e. The van der Waals surface area contributed by atoms with E-state index in [0.717, 1.165) is 0 Å². The van der Waals surface area contributed by atoms with Crippen LogP contribution in [0, 0.1) is 0 Å². The van der Waals surface area contributed by atoms with E-state index in [9.17, 15) is 0 Å². The molecule has 1 aliphatic heterocycles. The number of aliphatic hydroxyl groups excluding tert-OH is 1. The molecule has 0 radical (unpaired) electrons. The van der Waals surface area contributed by atoms with Crippen molar-refractivity contribution in [3.63, 3.8) is 0 Å². The monoisotopic (exact) mass is 133 g/mol. The Morgan fingerprint density at radius 3 is 2.44 bits per heavy atom. The van der Waals surface area contributed by atoms with Crippen LogP contribution in [0.2, 0.25) is 0 Å². The van der Waals surface area contributed by atoms with E-state index >= 15 is 0 Å². The molecule has 3 unspecified atom stereocenters. The summed E-state index contributed by atoms with van der Waals surface area (Å²) in [4.78, 5) is 0. The lowest BCUT2D eigenvalue weighted by atomic mass is 10.1. The number of aliphatic hydroxyl groups is 2. The zero-order valence-corrected chi connectivity index (χ0v) is 5.24. The van der Waals surface area contributed by atoms with Crippen LogP contribution in [0.4, 0.5) is 0 Å². The minimum absolute atomic E-state index is 0.0714. The Balaban J connectivity index is 2.33. The molecular weight excluding hydrogens is 122 g/mol. The van der Waals surface area contributed by atoms with Gasteiger partial charge < -0.3 is 20.7 Å². The van der Waals surface area contributed by atoms with E-state index in [2.05, 4.69) is 0 Å². The average molecular weight is 133 g/mol. The molecule has 0 aromatic carbocycles. The highest BCUT2D eigenvalue weighted by Gasteiger charge is 2.49. The van der Waals surface area contributed by atoms with E-state index in [0.29, 0.717) is 0 Å². The third-order valence-electron chi connectivity index (χ3n) is 1.34. The summed E-state index contributed by atoms with van der Waals surface area (Å²) in [5.41, 5.74) is 3.93. The quantitative estimate of drug-likeness (QED) is 0.313. The Morgan fingerprint density at radius 2 is 2.33 bits per heavy atom. The molecule has 0 bridgehead atoms. The molecule has 54 valence electrons. The molecule has 1 fully saturated rings. The fourth-order valence-corrected chi connectivity index (χ4v) is 0.796. The molecule has 0 aromatic heterocycles. The first kappa shape index (κ1) is 6.95. The van der Waals surface area contributed by atoms with E-state index in [1.54, 1.807) is 0 Å². The van der Waals surface area contributed by atoms with E-state index < -0.39 is 5.72 Å². The summed E-state index contributed by atoms with van der Waals surface area (Å²) in [7, 11) is 0. The molecule has 9 heavy (non-hydrogen) atoms. The van der Waals surface area contributed by atoms with Gasteiger partial charge >= 0.3 is 0 Å². The molecule has 0 amide bonds. The van der Waals surface area contributed by atoms with Gasteiger partial charge in [0, 0.05) is 0 Å². The zero-order chi connectivity index (χ0) is 7.07. The molecule has 4 heteroatoms. The van der Waals surface area contributed by atoms with Crippen molar-refractivity contribution in [1.82, 2.24) is 0 Å². The molecular formula is C5H11NO3. The molecule has 0 aliphatic carbocycles. The van der Waals surface area contributed by atoms with Gasteiger partial charge in [0.25, 0.3) is 0 Å². The van der Waals surface area contributed by atoms with Crippen LogP contribution in [-0.2, 0) is 4.74 Å². The summed E-state index contributed by atoms with van der Waals surface area (Å²) in [6.45, 7) is 1.38. The second-order valence-corrected chi connectivity index (χ2v) is 2.50. The van der Waals surface area contributed by atoms with Crippen LogP contribution < -0.4 is 5.73 Å². The molecule has 4 N–H and O–H groups in total. The molecule has 1 saturated heterocycles. The third kappa shape index (κ3) is 1.40. The summed E-state index contributed by atoms with van der Waals surface area (Å²) in [6.07, 6.45) is -0.646. The number of ether oxygens (including phenoxy) is 1. The van der Waals surface area contributed by atoms with Crippen molar-refractivity contribution in [3.05, 3.63) is 0 Å². The highest BCUT2D eigenvalue weighted by molar-refractivity contribution is 4.94. The van der Waals surface area contributed by atoms with E-state index in [4.69, 9.17) is 20.7 Å². The fourth-order valence-electron chi connectivity index (χ4n) is 0.796. The maximum absolute atomic E-state index is 9.00. The van der Waals surface area contributed by atoms with Gasteiger partial charge in [-0.3, -0.25) is 0 Å². The SMILES string of the molecule is CC(N)(O)C1OC1CO. The highest BCUT2D eigenvalue weighted by Crippen LogP contribution is 2.28. The number of hydrogen-bond donors (Lipinski definition) is 3. The lowest BCUT2D eigenvalue weighted by Gasteiger charge is -2.12. The van der Waals surface area contributed by atoms with Crippen molar-refractivity contribution < 1.29 is 14.9 Å². The fraction of sp³-hybridized carbons (Fsp3) is 1.00. The van der Waals surface area contributed by atoms with Gasteiger partial charge in [0.05, 0.1) is 6.61 Å². The van der Waals surface area contributed by atoms with Crippen LogP contribution in [0.1, 0.15) is 6.92 Å². The van der Waals surface area contributed by atoms with Crippen molar-refractivity contribution in [2.75, 3.05) is 6.61 Å². The summed E-state index contributed by atoms with van der Waals surface area (Å²) in [6, 6.07) is 0. The average Bonchev–Trinajstić information content (AvgIpc) is 2.39. The Morgan fingerprint density at radius 1 is 1.78 bits per heavy atom. The lowest BCUT2D eigenvalue weighted by Crippen LogP contribution is -2.43. The van der Waals surface area contributed by atoms with Gasteiger partial charge in [-0.1, -0.05) is 0 Å². The Kier molecular flexibility index (Phi) is 1.48. The van der Waals surface area contributed by atoms with E-state index in [-0.39, 0.29) is 18.8 Å². The predicted molar refractivity (Wildman–Crippen MR) is 30.6 cm³/mol. The summed E-state index contributed by atoms with van der Waals surface area (Å²) < 4.78 is 4.81. The van der Waals surface area contributed by atoms with Crippen molar-refractivity contribution in [1.29, 1.82) is 0 Å². The number of hydrogen-bond acceptors (Lipinski definition) is 4. The number of rotatable bonds is 2. The molecule has 1 rings (SSSR count). The number of nitrogens with two attached hydrogens (primary N) is 1. The Labute approximate surface area is 53.2 Å². The topological polar surface area (TPSA) is 79.0 Å². The van der Waals surface area contributed by atoms with E-state index in [1.165, 1.54) is 6.92 Å².